The van der Waals surface area contributed by atoms with Crippen LogP contribution in [0.2, 0.25) is 0 Å². The molecule has 0 aliphatic heterocycles. The number of fused-ring (bicyclic) bond motifs is 9. The maximum Gasteiger partial charge on any atom is 0.143 e. The van der Waals surface area contributed by atoms with Crippen LogP contribution in [0.3, 0.4) is 0 Å². The average molecular weight is 968 g/mol. The maximum atomic E-state index is 6.55. The Bertz CT molecular complexity index is 4230. The Balaban J connectivity index is 0.887. The first-order valence-corrected chi connectivity index (χ1v) is 26.3. The average Bonchev–Trinajstić information content (AvgIpc) is 4.23. The van der Waals surface area contributed by atoms with Gasteiger partial charge in [0.05, 0.1) is 10.8 Å². The quantitative estimate of drug-likeness (QED) is 0.143. The van der Waals surface area contributed by atoms with Crippen LogP contribution < -0.4 is 4.90 Å². The minimum atomic E-state index is -0.542. The van der Waals surface area contributed by atoms with E-state index in [1.54, 1.807) is 0 Å². The van der Waals surface area contributed by atoms with Gasteiger partial charge in [-0.15, -0.1) is 0 Å². The van der Waals surface area contributed by atoms with Crippen molar-refractivity contribution in [1.29, 1.82) is 0 Å². The molecule has 0 amide bonds. The Kier molecular flexibility index (Phi) is 10.0. The van der Waals surface area contributed by atoms with E-state index in [1.165, 1.54) is 72.3 Å². The Morgan fingerprint density at radius 3 is 1.26 bits per heavy atom. The molecule has 0 radical (unpaired) electrons. The van der Waals surface area contributed by atoms with Crippen LogP contribution in [0.4, 0.5) is 17.1 Å². The SMILES string of the molecule is c1ccc(C2(c3ccccc3)c3ccccc3-c3cc(-c4ccc(N(c5ccc(-c6cccc7c6oc6ccccc67)cc5)c5ccc6c(c5)C(c5ccccc5)(c5ccccc5)c5ccccc5-6)cc4)ccc32)cc1. The van der Waals surface area contributed by atoms with Crippen LogP contribution >= 0.6 is 0 Å². The normalized spacial score (nSPS) is 13.5. The predicted octanol–water partition coefficient (Wildman–Crippen LogP) is 19.1. The molecule has 2 aliphatic carbocycles. The monoisotopic (exact) mass is 967 g/mol. The third kappa shape index (κ3) is 6.47. The van der Waals surface area contributed by atoms with Gasteiger partial charge in [-0.05, 0) is 132 Å². The molecule has 15 rings (SSSR count). The molecule has 2 nitrogen and oxygen atoms in total. The van der Waals surface area contributed by atoms with Gasteiger partial charge in [-0.25, -0.2) is 0 Å². The van der Waals surface area contributed by atoms with Gasteiger partial charge in [-0.3, -0.25) is 0 Å². The van der Waals surface area contributed by atoms with E-state index in [1.807, 2.05) is 6.07 Å². The van der Waals surface area contributed by atoms with Crippen molar-refractivity contribution < 1.29 is 4.42 Å². The molecule has 0 saturated carbocycles. The van der Waals surface area contributed by atoms with Crippen molar-refractivity contribution in [2.24, 2.45) is 0 Å². The second kappa shape index (κ2) is 17.4. The number of hydrogen-bond acceptors (Lipinski definition) is 2. The summed E-state index contributed by atoms with van der Waals surface area (Å²) in [4.78, 5) is 2.42. The lowest BCUT2D eigenvalue weighted by Gasteiger charge is -2.35. The van der Waals surface area contributed by atoms with E-state index in [4.69, 9.17) is 4.42 Å². The van der Waals surface area contributed by atoms with Crippen LogP contribution in [-0.4, -0.2) is 0 Å². The second-order valence-corrected chi connectivity index (χ2v) is 20.3. The van der Waals surface area contributed by atoms with Gasteiger partial charge in [0, 0.05) is 33.4 Å². The Labute approximate surface area is 443 Å². The molecule has 0 atom stereocenters. The van der Waals surface area contributed by atoms with Gasteiger partial charge in [0.1, 0.15) is 11.2 Å². The van der Waals surface area contributed by atoms with Crippen molar-refractivity contribution in [3.8, 4) is 44.5 Å². The molecule has 356 valence electrons. The minimum absolute atomic E-state index is 0.443. The fourth-order valence-corrected chi connectivity index (χ4v) is 13.2. The van der Waals surface area contributed by atoms with E-state index in [9.17, 15) is 0 Å². The van der Waals surface area contributed by atoms with Gasteiger partial charge in [0.15, 0.2) is 0 Å². The van der Waals surface area contributed by atoms with Crippen molar-refractivity contribution in [1.82, 2.24) is 0 Å². The molecule has 1 aromatic heterocycles. The summed E-state index contributed by atoms with van der Waals surface area (Å²) < 4.78 is 6.55. The zero-order valence-corrected chi connectivity index (χ0v) is 41.6. The summed E-state index contributed by atoms with van der Waals surface area (Å²) in [5.41, 5.74) is 23.8. The van der Waals surface area contributed by atoms with Crippen LogP contribution in [-0.2, 0) is 10.8 Å². The van der Waals surface area contributed by atoms with E-state index in [0.29, 0.717) is 0 Å². The summed E-state index contributed by atoms with van der Waals surface area (Å²) >= 11 is 0. The number of para-hydroxylation sites is 2. The first kappa shape index (κ1) is 43.8. The fourth-order valence-electron chi connectivity index (χ4n) is 13.2. The summed E-state index contributed by atoms with van der Waals surface area (Å²) in [5, 5.41) is 2.25. The van der Waals surface area contributed by atoms with E-state index >= 15 is 0 Å². The van der Waals surface area contributed by atoms with Crippen molar-refractivity contribution in [3.05, 3.63) is 342 Å². The smallest absolute Gasteiger partial charge is 0.143 e. The summed E-state index contributed by atoms with van der Waals surface area (Å²) in [7, 11) is 0. The summed E-state index contributed by atoms with van der Waals surface area (Å²) in [6.07, 6.45) is 0. The van der Waals surface area contributed by atoms with Crippen LogP contribution in [0.1, 0.15) is 44.5 Å². The fraction of sp³-hybridized carbons (Fsp3) is 0.0270. The molecular formula is C74H49NO. The lowest BCUT2D eigenvalue weighted by atomic mass is 9.67. The number of anilines is 3. The standard InChI is InChI=1S/C74H49NO/c1-5-20-53(21-6-1)73(54-22-7-2-8-23-54)68-34-17-14-29-62(68)66-48-52(40-47-69(66)73)50-36-41-57(42-37-50)75(58-43-38-51(39-44-58)60-31-19-32-65-64-30-15-18-35-71(64)76-72(60)65)59-45-46-63-61-28-13-16-33-67(61)74(70(63)49-59,55-24-9-3-10-25-55)56-26-11-4-12-27-56/h1-49H. The van der Waals surface area contributed by atoms with Crippen molar-refractivity contribution in [2.75, 3.05) is 4.90 Å². The van der Waals surface area contributed by atoms with Crippen molar-refractivity contribution in [2.45, 2.75) is 10.8 Å². The van der Waals surface area contributed by atoms with Gasteiger partial charge < -0.3 is 9.32 Å². The topological polar surface area (TPSA) is 16.4 Å². The molecule has 12 aromatic carbocycles. The number of benzene rings is 12. The first-order valence-electron chi connectivity index (χ1n) is 26.3. The molecule has 1 heterocycles. The van der Waals surface area contributed by atoms with Gasteiger partial charge in [0.25, 0.3) is 0 Å². The van der Waals surface area contributed by atoms with E-state index in [2.05, 4.69) is 296 Å². The van der Waals surface area contributed by atoms with Gasteiger partial charge in [-0.2, -0.15) is 0 Å². The molecule has 0 saturated heterocycles. The van der Waals surface area contributed by atoms with E-state index < -0.39 is 10.8 Å². The molecular weight excluding hydrogens is 919 g/mol. The molecule has 0 spiro atoms. The lowest BCUT2D eigenvalue weighted by Crippen LogP contribution is -2.28. The highest BCUT2D eigenvalue weighted by Crippen LogP contribution is 2.59. The molecule has 0 fully saturated rings. The highest BCUT2D eigenvalue weighted by molar-refractivity contribution is 6.09. The lowest BCUT2D eigenvalue weighted by molar-refractivity contribution is 0.670. The van der Waals surface area contributed by atoms with Crippen molar-refractivity contribution >= 4 is 39.0 Å². The van der Waals surface area contributed by atoms with E-state index in [-0.39, 0.29) is 0 Å². The maximum absolute atomic E-state index is 6.55. The summed E-state index contributed by atoms with van der Waals surface area (Å²) in [6, 6.07) is 109. The highest BCUT2D eigenvalue weighted by Gasteiger charge is 2.47. The minimum Gasteiger partial charge on any atom is -0.455 e. The number of rotatable bonds is 9. The number of nitrogens with zero attached hydrogens (tertiary/aromatic N) is 1. The zero-order chi connectivity index (χ0) is 50.2. The summed E-state index contributed by atoms with van der Waals surface area (Å²) in [5.74, 6) is 0. The zero-order valence-electron chi connectivity index (χ0n) is 41.6. The number of hydrogen-bond donors (Lipinski definition) is 0. The highest BCUT2D eigenvalue weighted by atomic mass is 16.3. The largest absolute Gasteiger partial charge is 0.455 e. The van der Waals surface area contributed by atoms with Crippen LogP contribution in [0.5, 0.6) is 0 Å². The molecule has 76 heavy (non-hydrogen) atoms. The summed E-state index contributed by atoms with van der Waals surface area (Å²) in [6.45, 7) is 0. The first-order chi connectivity index (χ1) is 37.7. The van der Waals surface area contributed by atoms with Gasteiger partial charge in [-0.1, -0.05) is 249 Å². The second-order valence-electron chi connectivity index (χ2n) is 20.3. The predicted molar refractivity (Wildman–Crippen MR) is 314 cm³/mol. The van der Waals surface area contributed by atoms with Crippen molar-refractivity contribution in [3.63, 3.8) is 0 Å². The molecule has 0 bridgehead atoms. The molecule has 2 aliphatic rings. The third-order valence-electron chi connectivity index (χ3n) is 16.5. The number of furan rings is 1. The van der Waals surface area contributed by atoms with Gasteiger partial charge in [0.2, 0.25) is 0 Å². The van der Waals surface area contributed by atoms with Crippen LogP contribution in [0.25, 0.3) is 66.4 Å². The molecule has 13 aromatic rings. The Hall–Kier alpha value is -9.76. The molecule has 0 unspecified atom stereocenters. The molecule has 0 N–H and O–H groups in total. The van der Waals surface area contributed by atoms with Gasteiger partial charge >= 0.3 is 0 Å². The van der Waals surface area contributed by atoms with Crippen LogP contribution in [0, 0.1) is 0 Å². The third-order valence-corrected chi connectivity index (χ3v) is 16.5. The molecule has 2 heteroatoms. The van der Waals surface area contributed by atoms with Crippen LogP contribution in [0.15, 0.2) is 302 Å². The Morgan fingerprint density at radius 1 is 0.250 bits per heavy atom. The van der Waals surface area contributed by atoms with E-state index in [0.717, 1.165) is 55.7 Å². The Morgan fingerprint density at radius 2 is 0.671 bits per heavy atom.